The van der Waals surface area contributed by atoms with Gasteiger partial charge in [-0.3, -0.25) is 0 Å². The van der Waals surface area contributed by atoms with Crippen molar-refractivity contribution in [2.75, 3.05) is 28.4 Å². The van der Waals surface area contributed by atoms with Gasteiger partial charge in [0.25, 0.3) is 6.10 Å². The molecular weight excluding hydrogens is 488 g/mol. The summed E-state index contributed by atoms with van der Waals surface area (Å²) in [4.78, 5) is 13.0. The summed E-state index contributed by atoms with van der Waals surface area (Å²) in [6.07, 6.45) is -16.1. The predicted octanol–water partition coefficient (Wildman–Crippen LogP) is 4.50. The second-order valence-corrected chi connectivity index (χ2v) is 7.25. The third-order valence-corrected chi connectivity index (χ3v) is 5.29. The summed E-state index contributed by atoms with van der Waals surface area (Å²) in [5.74, 6) is -1.27. The van der Waals surface area contributed by atoms with E-state index in [1.807, 2.05) is 0 Å². The number of fused-ring (bicyclic) bond motifs is 2. The first-order valence-corrected chi connectivity index (χ1v) is 9.76. The van der Waals surface area contributed by atoms with Crippen molar-refractivity contribution < 1.29 is 59.4 Å². The summed E-state index contributed by atoms with van der Waals surface area (Å²) in [6, 6.07) is 5.37. The third kappa shape index (κ3) is 4.66. The van der Waals surface area contributed by atoms with Crippen molar-refractivity contribution in [2.24, 2.45) is 7.05 Å². The largest absolute Gasteiger partial charge is 0.493 e. The molecule has 0 radical (unpaired) electrons. The molecule has 0 aliphatic carbocycles. The molecule has 0 amide bonds. The van der Waals surface area contributed by atoms with Crippen molar-refractivity contribution >= 4 is 27.8 Å². The highest BCUT2D eigenvalue weighted by Gasteiger charge is 2.60. The fourth-order valence-electron chi connectivity index (χ4n) is 3.67. The number of nitrogens with zero attached hydrogens (tertiary/aromatic N) is 1. The van der Waals surface area contributed by atoms with E-state index < -0.39 is 30.0 Å². The molecule has 1 heterocycles. The quantitative estimate of drug-likeness (QED) is 0.212. The van der Waals surface area contributed by atoms with Crippen LogP contribution in [0.5, 0.6) is 23.0 Å². The van der Waals surface area contributed by atoms with Gasteiger partial charge in [-0.15, -0.1) is 0 Å². The average Bonchev–Trinajstić information content (AvgIpc) is 2.79. The number of rotatable bonds is 6. The summed E-state index contributed by atoms with van der Waals surface area (Å²) in [6.45, 7) is 0. The molecule has 190 valence electrons. The van der Waals surface area contributed by atoms with Crippen LogP contribution in [0.2, 0.25) is 0 Å². The third-order valence-electron chi connectivity index (χ3n) is 5.29. The van der Waals surface area contributed by atoms with Crippen molar-refractivity contribution in [1.29, 1.82) is 0 Å². The fourth-order valence-corrected chi connectivity index (χ4v) is 3.67. The van der Waals surface area contributed by atoms with E-state index in [4.69, 9.17) is 18.9 Å². The molecule has 13 heteroatoms. The van der Waals surface area contributed by atoms with E-state index in [0.717, 1.165) is 0 Å². The van der Waals surface area contributed by atoms with Gasteiger partial charge in [-0.2, -0.15) is 30.9 Å². The number of ether oxygens (including phenoxy) is 5. The lowest BCUT2D eigenvalue weighted by atomic mass is 10.0. The molecule has 0 N–H and O–H groups in total. The molecule has 35 heavy (non-hydrogen) atoms. The van der Waals surface area contributed by atoms with Gasteiger partial charge in [-0.1, -0.05) is 0 Å². The molecule has 0 saturated heterocycles. The number of hydrogen-bond acceptors (Lipinski definition) is 6. The second kappa shape index (κ2) is 9.19. The van der Waals surface area contributed by atoms with Crippen LogP contribution in [0, 0.1) is 0 Å². The van der Waals surface area contributed by atoms with E-state index in [0.29, 0.717) is 0 Å². The highest BCUT2D eigenvalue weighted by molar-refractivity contribution is 6.14. The maximum absolute atomic E-state index is 13.1. The van der Waals surface area contributed by atoms with Crippen LogP contribution in [-0.4, -0.2) is 52.9 Å². The summed E-state index contributed by atoms with van der Waals surface area (Å²) in [7, 11) is 6.81. The molecule has 0 aliphatic heterocycles. The molecule has 0 fully saturated rings. The lowest BCUT2D eigenvalue weighted by Gasteiger charge is -2.23. The van der Waals surface area contributed by atoms with E-state index in [-0.39, 0.29) is 44.8 Å². The normalized spacial score (nSPS) is 12.2. The molecular formula is C22H20F6NO6+. The maximum atomic E-state index is 13.1. The number of pyridine rings is 1. The summed E-state index contributed by atoms with van der Waals surface area (Å²) < 4.78 is 105. The lowest BCUT2D eigenvalue weighted by Crippen LogP contribution is -2.45. The molecule has 0 spiro atoms. The number of carbonyl (C=O) groups excluding carboxylic acids is 1. The Bertz CT molecular complexity index is 1200. The average molecular weight is 508 g/mol. The number of methoxy groups -OCH3 is 4. The molecule has 0 unspecified atom stereocenters. The van der Waals surface area contributed by atoms with E-state index in [2.05, 4.69) is 4.74 Å². The van der Waals surface area contributed by atoms with Gasteiger partial charge < -0.3 is 23.7 Å². The van der Waals surface area contributed by atoms with Gasteiger partial charge in [-0.05, 0) is 12.1 Å². The molecule has 0 atom stereocenters. The van der Waals surface area contributed by atoms with E-state index >= 15 is 0 Å². The van der Waals surface area contributed by atoms with Crippen LogP contribution >= 0.6 is 0 Å². The van der Waals surface area contributed by atoms with Crippen LogP contribution in [0.15, 0.2) is 24.3 Å². The summed E-state index contributed by atoms with van der Waals surface area (Å²) >= 11 is 0. The zero-order chi connectivity index (χ0) is 26.3. The van der Waals surface area contributed by atoms with Crippen LogP contribution in [0.4, 0.5) is 26.3 Å². The summed E-state index contributed by atoms with van der Waals surface area (Å²) in [5, 5.41) is -0.0871. The zero-order valence-corrected chi connectivity index (χ0v) is 19.1. The van der Waals surface area contributed by atoms with E-state index in [1.54, 1.807) is 11.6 Å². The molecule has 2 aromatic carbocycles. The van der Waals surface area contributed by atoms with Crippen LogP contribution < -0.4 is 23.5 Å². The number of esters is 1. The number of carbonyl (C=O) groups is 1. The number of hydrogen-bond donors (Lipinski definition) is 0. The SMILES string of the molecule is COc1cc2c(C(=O)OC(C(F)(F)F)C(F)(F)F)c3cc(OC)c(OC)cc3[n+](C)c2cc1OC. The zero-order valence-electron chi connectivity index (χ0n) is 19.1. The van der Waals surface area contributed by atoms with Crippen molar-refractivity contribution in [3.05, 3.63) is 29.8 Å². The first-order chi connectivity index (χ1) is 16.3. The highest BCUT2D eigenvalue weighted by atomic mass is 19.4. The first-order valence-electron chi connectivity index (χ1n) is 9.76. The number of halogens is 6. The van der Waals surface area contributed by atoms with Gasteiger partial charge in [0.1, 0.15) is 7.05 Å². The van der Waals surface area contributed by atoms with Crippen molar-refractivity contribution in [3.8, 4) is 23.0 Å². The second-order valence-electron chi connectivity index (χ2n) is 7.25. The Balaban J connectivity index is 2.45. The fraction of sp³-hybridized carbons (Fsp3) is 0.364. The molecule has 0 aliphatic rings. The van der Waals surface area contributed by atoms with Gasteiger partial charge in [0.2, 0.25) is 11.0 Å². The molecule has 7 nitrogen and oxygen atoms in total. The van der Waals surface area contributed by atoms with Crippen LogP contribution in [0.25, 0.3) is 21.8 Å². The predicted molar refractivity (Wildman–Crippen MR) is 110 cm³/mol. The van der Waals surface area contributed by atoms with E-state index in [9.17, 15) is 31.1 Å². The Labute approximate surface area is 194 Å². The van der Waals surface area contributed by atoms with Gasteiger partial charge in [0.15, 0.2) is 23.0 Å². The van der Waals surface area contributed by atoms with Crippen molar-refractivity contribution in [3.63, 3.8) is 0 Å². The molecule has 0 bridgehead atoms. The minimum atomic E-state index is -5.89. The molecule has 0 saturated carbocycles. The Morgan fingerprint density at radius 1 is 0.714 bits per heavy atom. The molecule has 1 aromatic heterocycles. The standard InChI is InChI=1S/C22H20F6NO6/c1-29-12-8-16(33-4)14(31-2)6-10(12)18(11-7-15(32-3)17(34-5)9-13(11)29)19(30)35-20(21(23,24)25)22(26,27)28/h6-9,20H,1-5H3/q+1. The minimum absolute atomic E-state index is 0.0435. The topological polar surface area (TPSA) is 67.1 Å². The van der Waals surface area contributed by atoms with Gasteiger partial charge in [0.05, 0.1) is 56.9 Å². The van der Waals surface area contributed by atoms with E-state index in [1.165, 1.54) is 52.7 Å². The highest BCUT2D eigenvalue weighted by Crippen LogP contribution is 2.40. The molecule has 3 aromatic rings. The number of alkyl halides is 6. The maximum Gasteiger partial charge on any atom is 0.434 e. The Kier molecular flexibility index (Phi) is 6.82. The monoisotopic (exact) mass is 508 g/mol. The Morgan fingerprint density at radius 2 is 1.06 bits per heavy atom. The van der Waals surface area contributed by atoms with Crippen LogP contribution in [0.3, 0.4) is 0 Å². The number of aryl methyl sites for hydroxylation is 1. The lowest BCUT2D eigenvalue weighted by molar-refractivity contribution is -0.617. The first kappa shape index (κ1) is 26.0. The molecule has 3 rings (SSSR count). The number of benzene rings is 2. The number of aromatic nitrogens is 1. The van der Waals surface area contributed by atoms with Crippen LogP contribution in [0.1, 0.15) is 10.4 Å². The van der Waals surface area contributed by atoms with Gasteiger partial charge in [-0.25, -0.2) is 4.79 Å². The van der Waals surface area contributed by atoms with Gasteiger partial charge >= 0.3 is 18.3 Å². The Morgan fingerprint density at radius 3 is 1.37 bits per heavy atom. The minimum Gasteiger partial charge on any atom is -0.493 e. The summed E-state index contributed by atoms with van der Waals surface area (Å²) in [5.41, 5.74) is -0.108. The van der Waals surface area contributed by atoms with Gasteiger partial charge in [0, 0.05) is 0 Å². The van der Waals surface area contributed by atoms with Crippen molar-refractivity contribution in [2.45, 2.75) is 18.5 Å². The van der Waals surface area contributed by atoms with Crippen molar-refractivity contribution in [1.82, 2.24) is 0 Å². The smallest absolute Gasteiger partial charge is 0.434 e. The van der Waals surface area contributed by atoms with Crippen LogP contribution in [-0.2, 0) is 11.8 Å². The Hall–Kier alpha value is -3.64.